The molecule has 1 unspecified atom stereocenters. The summed E-state index contributed by atoms with van der Waals surface area (Å²) in [6.07, 6.45) is 5.72. The Labute approximate surface area is 175 Å². The molecule has 2 aliphatic heterocycles. The first kappa shape index (κ1) is 19.6. The highest BCUT2D eigenvalue weighted by atomic mass is 35.5. The van der Waals surface area contributed by atoms with Crippen LogP contribution in [0.5, 0.6) is 0 Å². The molecule has 6 nitrogen and oxygen atoms in total. The molecule has 150 valence electrons. The number of amides is 1. The molecule has 0 radical (unpaired) electrons. The van der Waals surface area contributed by atoms with Crippen LogP contribution in [0.3, 0.4) is 0 Å². The Bertz CT molecular complexity index is 836. The Morgan fingerprint density at radius 2 is 1.96 bits per heavy atom. The van der Waals surface area contributed by atoms with E-state index in [1.165, 1.54) is 18.2 Å². The van der Waals surface area contributed by atoms with E-state index in [4.69, 9.17) is 11.6 Å². The maximum atomic E-state index is 12.8. The number of hydrogen-bond donors (Lipinski definition) is 0. The number of aromatic nitrogens is 3. The van der Waals surface area contributed by atoms with Gasteiger partial charge in [-0.2, -0.15) is 0 Å². The zero-order valence-electron chi connectivity index (χ0n) is 16.2. The minimum Gasteiger partial charge on any atom is -0.341 e. The minimum absolute atomic E-state index is 0.181. The van der Waals surface area contributed by atoms with Gasteiger partial charge in [-0.15, -0.1) is 10.2 Å². The smallest absolute Gasteiger partial charge is 0.233 e. The highest BCUT2D eigenvalue weighted by Gasteiger charge is 2.26. The van der Waals surface area contributed by atoms with Crippen LogP contribution in [0, 0.1) is 0 Å². The van der Waals surface area contributed by atoms with Crippen molar-refractivity contribution in [2.75, 3.05) is 30.3 Å². The van der Waals surface area contributed by atoms with Gasteiger partial charge in [0, 0.05) is 30.7 Å². The van der Waals surface area contributed by atoms with Gasteiger partial charge in [-0.3, -0.25) is 9.36 Å². The third-order valence-electron chi connectivity index (χ3n) is 5.52. The van der Waals surface area contributed by atoms with Crippen LogP contribution >= 0.6 is 23.4 Å². The fraction of sp³-hybridized carbons (Fsp3) is 0.550. The van der Waals surface area contributed by atoms with Crippen molar-refractivity contribution in [1.29, 1.82) is 0 Å². The number of nitrogens with zero attached hydrogens (tertiary/aromatic N) is 5. The molecule has 1 aromatic carbocycles. The summed E-state index contributed by atoms with van der Waals surface area (Å²) in [6.45, 7) is 4.96. The standard InChI is InChI=1S/C20H26ClN5OS/c1-15-7-2-3-12-25(15)18(27)14-28-20-23-22-19(24-10-4-5-11-24)26(20)17-9-6-8-16(21)13-17/h6,8-9,13,15H,2-5,7,10-12,14H2,1H3. The summed E-state index contributed by atoms with van der Waals surface area (Å²) >= 11 is 7.70. The molecule has 2 saturated heterocycles. The fourth-order valence-corrected chi connectivity index (χ4v) is 5.01. The average Bonchev–Trinajstić information content (AvgIpc) is 3.36. The molecule has 0 bridgehead atoms. The Balaban J connectivity index is 1.57. The lowest BCUT2D eigenvalue weighted by atomic mass is 10.0. The number of rotatable bonds is 5. The Kier molecular flexibility index (Phi) is 6.11. The Hall–Kier alpha value is -1.73. The normalized spacial score (nSPS) is 20.0. The molecule has 2 fully saturated rings. The highest BCUT2D eigenvalue weighted by Crippen LogP contribution is 2.30. The van der Waals surface area contributed by atoms with Gasteiger partial charge in [-0.05, 0) is 57.2 Å². The lowest BCUT2D eigenvalue weighted by Gasteiger charge is -2.33. The second-order valence-electron chi connectivity index (χ2n) is 7.51. The number of halogens is 1. The van der Waals surface area contributed by atoms with Gasteiger partial charge in [0.2, 0.25) is 11.9 Å². The molecular weight excluding hydrogens is 394 g/mol. The first-order valence-corrected chi connectivity index (χ1v) is 11.4. The maximum Gasteiger partial charge on any atom is 0.233 e. The second-order valence-corrected chi connectivity index (χ2v) is 8.89. The van der Waals surface area contributed by atoms with Crippen LogP contribution in [0.4, 0.5) is 5.95 Å². The zero-order valence-corrected chi connectivity index (χ0v) is 17.8. The number of carbonyl (C=O) groups excluding carboxylic acids is 1. The Morgan fingerprint density at radius 1 is 1.18 bits per heavy atom. The average molecular weight is 420 g/mol. The summed E-state index contributed by atoms with van der Waals surface area (Å²) in [4.78, 5) is 17.0. The zero-order chi connectivity index (χ0) is 19.5. The van der Waals surface area contributed by atoms with Gasteiger partial charge in [-0.25, -0.2) is 0 Å². The van der Waals surface area contributed by atoms with E-state index in [-0.39, 0.29) is 5.91 Å². The highest BCUT2D eigenvalue weighted by molar-refractivity contribution is 7.99. The van der Waals surface area contributed by atoms with Crippen molar-refractivity contribution in [1.82, 2.24) is 19.7 Å². The number of thioether (sulfide) groups is 1. The predicted octanol–water partition coefficient (Wildman–Crippen LogP) is 4.01. The van der Waals surface area contributed by atoms with E-state index in [0.29, 0.717) is 16.8 Å². The van der Waals surface area contributed by atoms with Gasteiger partial charge in [0.25, 0.3) is 0 Å². The molecule has 0 N–H and O–H groups in total. The molecule has 0 aliphatic carbocycles. The number of carbonyl (C=O) groups is 1. The molecule has 1 atom stereocenters. The lowest BCUT2D eigenvalue weighted by molar-refractivity contribution is -0.131. The number of piperidine rings is 1. The van der Waals surface area contributed by atoms with Gasteiger partial charge in [0.15, 0.2) is 5.16 Å². The summed E-state index contributed by atoms with van der Waals surface area (Å²) in [7, 11) is 0. The van der Waals surface area contributed by atoms with Gasteiger partial charge in [0.05, 0.1) is 11.4 Å². The van der Waals surface area contributed by atoms with Gasteiger partial charge < -0.3 is 9.80 Å². The summed E-state index contributed by atoms with van der Waals surface area (Å²) in [5.74, 6) is 1.39. The quantitative estimate of drug-likeness (QED) is 0.685. The molecule has 1 amide bonds. The number of anilines is 1. The van der Waals surface area contributed by atoms with E-state index >= 15 is 0 Å². The van der Waals surface area contributed by atoms with Crippen LogP contribution in [-0.4, -0.2) is 57.0 Å². The lowest BCUT2D eigenvalue weighted by Crippen LogP contribution is -2.43. The van der Waals surface area contributed by atoms with Crippen molar-refractivity contribution in [3.8, 4) is 5.69 Å². The van der Waals surface area contributed by atoms with Gasteiger partial charge in [-0.1, -0.05) is 29.4 Å². The van der Waals surface area contributed by atoms with Crippen LogP contribution in [0.1, 0.15) is 39.0 Å². The third kappa shape index (κ3) is 4.15. The van der Waals surface area contributed by atoms with E-state index in [0.717, 1.165) is 62.1 Å². The molecule has 8 heteroatoms. The monoisotopic (exact) mass is 419 g/mol. The second kappa shape index (κ2) is 8.74. The largest absolute Gasteiger partial charge is 0.341 e. The van der Waals surface area contributed by atoms with Crippen molar-refractivity contribution in [2.24, 2.45) is 0 Å². The third-order valence-corrected chi connectivity index (χ3v) is 6.67. The molecular formula is C20H26ClN5OS. The summed E-state index contributed by atoms with van der Waals surface area (Å²) in [6, 6.07) is 8.04. The Morgan fingerprint density at radius 3 is 2.71 bits per heavy atom. The SMILES string of the molecule is CC1CCCCN1C(=O)CSc1nnc(N2CCCC2)n1-c1cccc(Cl)c1. The number of benzene rings is 1. The van der Waals surface area contributed by atoms with Crippen LogP contribution in [0.2, 0.25) is 5.02 Å². The van der Waals surface area contributed by atoms with Crippen LogP contribution in [-0.2, 0) is 4.79 Å². The molecule has 4 rings (SSSR count). The number of hydrogen-bond acceptors (Lipinski definition) is 5. The van der Waals surface area contributed by atoms with Crippen LogP contribution in [0.25, 0.3) is 5.69 Å². The van der Waals surface area contributed by atoms with E-state index in [2.05, 4.69) is 22.0 Å². The van der Waals surface area contributed by atoms with Crippen molar-refractivity contribution in [2.45, 2.75) is 50.2 Å². The predicted molar refractivity (Wildman–Crippen MR) is 114 cm³/mol. The maximum absolute atomic E-state index is 12.8. The molecule has 2 aromatic rings. The first-order valence-electron chi connectivity index (χ1n) is 10.0. The van der Waals surface area contributed by atoms with E-state index in [1.54, 1.807) is 0 Å². The summed E-state index contributed by atoms with van der Waals surface area (Å²) in [5.41, 5.74) is 0.931. The van der Waals surface area contributed by atoms with Crippen molar-refractivity contribution in [3.05, 3.63) is 29.3 Å². The molecule has 3 heterocycles. The molecule has 1 aromatic heterocycles. The van der Waals surface area contributed by atoms with Crippen molar-refractivity contribution in [3.63, 3.8) is 0 Å². The van der Waals surface area contributed by atoms with Crippen LogP contribution in [0.15, 0.2) is 29.4 Å². The fourth-order valence-electron chi connectivity index (χ4n) is 4.00. The van der Waals surface area contributed by atoms with Gasteiger partial charge >= 0.3 is 0 Å². The molecule has 0 saturated carbocycles. The topological polar surface area (TPSA) is 54.3 Å². The van der Waals surface area contributed by atoms with E-state index < -0.39 is 0 Å². The molecule has 28 heavy (non-hydrogen) atoms. The summed E-state index contributed by atoms with van der Waals surface area (Å²) < 4.78 is 2.04. The van der Waals surface area contributed by atoms with Gasteiger partial charge in [0.1, 0.15) is 0 Å². The molecule has 2 aliphatic rings. The number of likely N-dealkylation sites (tertiary alicyclic amines) is 1. The molecule has 0 spiro atoms. The van der Waals surface area contributed by atoms with Crippen LogP contribution < -0.4 is 4.90 Å². The van der Waals surface area contributed by atoms with E-state index in [1.807, 2.05) is 33.7 Å². The van der Waals surface area contributed by atoms with Crippen molar-refractivity contribution >= 4 is 35.2 Å². The van der Waals surface area contributed by atoms with Crippen molar-refractivity contribution < 1.29 is 4.79 Å². The minimum atomic E-state index is 0.181. The van der Waals surface area contributed by atoms with E-state index in [9.17, 15) is 4.79 Å². The first-order chi connectivity index (χ1) is 13.6. The summed E-state index contributed by atoms with van der Waals surface area (Å²) in [5, 5.41) is 10.3.